The number of guanidine groups is 1. The predicted octanol–water partition coefficient (Wildman–Crippen LogP) is 0.132. The molecule has 0 aliphatic rings. The maximum Gasteiger partial charge on any atom is 0.408 e. The lowest BCUT2D eigenvalue weighted by molar-refractivity contribution is -0.109. The van der Waals surface area contributed by atoms with Crippen LogP contribution in [0.2, 0.25) is 0 Å². The Kier molecular flexibility index (Phi) is 6.77. The minimum atomic E-state index is -0.610. The fourth-order valence-electron chi connectivity index (χ4n) is 1.15. The number of aliphatic imine (C=N–C) groups is 1. The van der Waals surface area contributed by atoms with E-state index in [0.29, 0.717) is 25.7 Å². The van der Waals surface area contributed by atoms with E-state index in [0.717, 1.165) is 0 Å². The minimum absolute atomic E-state index is 0.0118. The molecule has 18 heavy (non-hydrogen) atoms. The number of carbonyl (C=O) groups is 2. The van der Waals surface area contributed by atoms with E-state index in [4.69, 9.17) is 16.2 Å². The van der Waals surface area contributed by atoms with E-state index < -0.39 is 17.7 Å². The van der Waals surface area contributed by atoms with Gasteiger partial charge in [-0.15, -0.1) is 0 Å². The van der Waals surface area contributed by atoms with Gasteiger partial charge in [-0.05, 0) is 33.6 Å². The molecule has 0 aromatic heterocycles. The van der Waals surface area contributed by atoms with Crippen molar-refractivity contribution in [1.82, 2.24) is 5.32 Å². The topological polar surface area (TPSA) is 120 Å². The first-order chi connectivity index (χ1) is 8.24. The first-order valence-electron chi connectivity index (χ1n) is 5.75. The zero-order chi connectivity index (χ0) is 14.2. The van der Waals surface area contributed by atoms with Crippen molar-refractivity contribution in [3.63, 3.8) is 0 Å². The molecule has 0 aromatic carbocycles. The van der Waals surface area contributed by atoms with Crippen LogP contribution in [-0.2, 0) is 9.53 Å². The third kappa shape index (κ3) is 9.44. The van der Waals surface area contributed by atoms with Gasteiger partial charge in [-0.2, -0.15) is 0 Å². The standard InChI is InChI=1S/C11H22N4O3/c1-11(2,3)18-10(17)15-8(7-16)5-4-6-14-9(12)13/h7-8H,4-6H2,1-3H3,(H,15,17)(H4,12,13,14)/t8-/m0/s1. The predicted molar refractivity (Wildman–Crippen MR) is 69.1 cm³/mol. The van der Waals surface area contributed by atoms with E-state index in [1.807, 2.05) is 0 Å². The Bertz CT molecular complexity index is 306. The molecule has 5 N–H and O–H groups in total. The number of nitrogens with one attached hydrogen (secondary N) is 1. The second kappa shape index (κ2) is 7.52. The molecule has 0 saturated carbocycles. The molecule has 7 nitrogen and oxygen atoms in total. The molecule has 0 heterocycles. The van der Waals surface area contributed by atoms with Crippen LogP contribution in [0, 0.1) is 0 Å². The lowest BCUT2D eigenvalue weighted by Crippen LogP contribution is -2.40. The summed E-state index contributed by atoms with van der Waals surface area (Å²) in [6.07, 6.45) is 1.11. The Morgan fingerprint density at radius 1 is 1.44 bits per heavy atom. The molecule has 7 heteroatoms. The largest absolute Gasteiger partial charge is 0.444 e. The molecule has 1 atom stereocenters. The summed E-state index contributed by atoms with van der Waals surface area (Å²) in [6.45, 7) is 5.67. The Balaban J connectivity index is 4.00. The van der Waals surface area contributed by atoms with Crippen LogP contribution in [0.3, 0.4) is 0 Å². The van der Waals surface area contributed by atoms with Crippen molar-refractivity contribution in [1.29, 1.82) is 0 Å². The van der Waals surface area contributed by atoms with Gasteiger partial charge in [0.2, 0.25) is 0 Å². The van der Waals surface area contributed by atoms with Crippen LogP contribution < -0.4 is 16.8 Å². The second-order valence-electron chi connectivity index (χ2n) is 4.84. The highest BCUT2D eigenvalue weighted by Crippen LogP contribution is 2.07. The van der Waals surface area contributed by atoms with E-state index in [-0.39, 0.29) is 5.96 Å². The molecule has 0 fully saturated rings. The summed E-state index contributed by atoms with van der Waals surface area (Å²) >= 11 is 0. The number of carbonyl (C=O) groups excluding carboxylic acids is 2. The van der Waals surface area contributed by atoms with Crippen molar-refractivity contribution in [2.24, 2.45) is 16.5 Å². The average molecular weight is 258 g/mol. The zero-order valence-electron chi connectivity index (χ0n) is 11.1. The Morgan fingerprint density at radius 3 is 2.50 bits per heavy atom. The van der Waals surface area contributed by atoms with Gasteiger partial charge < -0.3 is 26.3 Å². The molecule has 1 amide bonds. The zero-order valence-corrected chi connectivity index (χ0v) is 11.1. The van der Waals surface area contributed by atoms with Crippen molar-refractivity contribution in [2.75, 3.05) is 6.54 Å². The van der Waals surface area contributed by atoms with Crippen LogP contribution in [0.25, 0.3) is 0 Å². The summed E-state index contributed by atoms with van der Waals surface area (Å²) < 4.78 is 5.04. The van der Waals surface area contributed by atoms with Crippen molar-refractivity contribution in [2.45, 2.75) is 45.3 Å². The number of rotatable bonds is 6. The van der Waals surface area contributed by atoms with Gasteiger partial charge in [-0.1, -0.05) is 0 Å². The van der Waals surface area contributed by atoms with E-state index in [9.17, 15) is 9.59 Å². The fourth-order valence-corrected chi connectivity index (χ4v) is 1.15. The van der Waals surface area contributed by atoms with Crippen LogP contribution in [0.5, 0.6) is 0 Å². The number of aldehydes is 1. The van der Waals surface area contributed by atoms with Crippen molar-refractivity contribution < 1.29 is 14.3 Å². The quantitative estimate of drug-likeness (QED) is 0.271. The van der Waals surface area contributed by atoms with E-state index >= 15 is 0 Å². The molecule has 104 valence electrons. The second-order valence-corrected chi connectivity index (χ2v) is 4.84. The van der Waals surface area contributed by atoms with E-state index in [1.165, 1.54) is 0 Å². The van der Waals surface area contributed by atoms with Gasteiger partial charge >= 0.3 is 6.09 Å². The maximum atomic E-state index is 11.4. The molecule has 0 rings (SSSR count). The van der Waals surface area contributed by atoms with Crippen molar-refractivity contribution >= 4 is 18.3 Å². The van der Waals surface area contributed by atoms with Crippen LogP contribution in [0.15, 0.2) is 4.99 Å². The molecule has 0 bridgehead atoms. The summed E-state index contributed by atoms with van der Waals surface area (Å²) in [5.74, 6) is 0.0118. The number of ether oxygens (including phenoxy) is 1. The highest BCUT2D eigenvalue weighted by molar-refractivity contribution is 5.75. The molecule has 0 radical (unpaired) electrons. The number of nitrogens with two attached hydrogens (primary N) is 2. The monoisotopic (exact) mass is 258 g/mol. The number of hydrogen-bond acceptors (Lipinski definition) is 4. The van der Waals surface area contributed by atoms with E-state index in [1.54, 1.807) is 20.8 Å². The molecule has 0 aliphatic heterocycles. The minimum Gasteiger partial charge on any atom is -0.444 e. The summed E-state index contributed by atoms with van der Waals surface area (Å²) in [6, 6.07) is -0.589. The van der Waals surface area contributed by atoms with E-state index in [2.05, 4.69) is 10.3 Å². The molecule has 0 saturated heterocycles. The first kappa shape index (κ1) is 16.2. The van der Waals surface area contributed by atoms with Gasteiger partial charge in [0.05, 0.1) is 6.04 Å². The molecular formula is C11H22N4O3. The molecular weight excluding hydrogens is 236 g/mol. The van der Waals surface area contributed by atoms with Crippen LogP contribution in [0.1, 0.15) is 33.6 Å². The molecule has 0 aromatic rings. The normalized spacial score (nSPS) is 12.4. The first-order valence-corrected chi connectivity index (χ1v) is 5.75. The van der Waals surface area contributed by atoms with Gasteiger partial charge in [0.25, 0.3) is 0 Å². The van der Waals surface area contributed by atoms with Crippen LogP contribution in [0.4, 0.5) is 4.79 Å². The Hall–Kier alpha value is -1.79. The highest BCUT2D eigenvalue weighted by Gasteiger charge is 2.18. The lowest BCUT2D eigenvalue weighted by Gasteiger charge is -2.21. The van der Waals surface area contributed by atoms with Gasteiger partial charge in [-0.3, -0.25) is 4.99 Å². The number of hydrogen-bond donors (Lipinski definition) is 3. The number of amides is 1. The smallest absolute Gasteiger partial charge is 0.408 e. The molecule has 0 unspecified atom stereocenters. The maximum absolute atomic E-state index is 11.4. The summed E-state index contributed by atoms with van der Waals surface area (Å²) in [5, 5.41) is 2.47. The van der Waals surface area contributed by atoms with Crippen LogP contribution >= 0.6 is 0 Å². The molecule has 0 aliphatic carbocycles. The van der Waals surface area contributed by atoms with Crippen molar-refractivity contribution in [3.05, 3.63) is 0 Å². The average Bonchev–Trinajstić information content (AvgIpc) is 2.19. The van der Waals surface area contributed by atoms with Crippen LogP contribution in [-0.4, -0.2) is 36.5 Å². The lowest BCUT2D eigenvalue weighted by atomic mass is 10.2. The number of nitrogens with zero attached hydrogens (tertiary/aromatic N) is 1. The van der Waals surface area contributed by atoms with Gasteiger partial charge in [0.1, 0.15) is 11.9 Å². The number of alkyl carbamates (subject to hydrolysis) is 1. The van der Waals surface area contributed by atoms with Gasteiger partial charge in [-0.25, -0.2) is 4.79 Å². The SMILES string of the molecule is CC(C)(C)OC(=O)N[C@H](C=O)CCCN=C(N)N. The third-order valence-electron chi connectivity index (χ3n) is 1.83. The van der Waals surface area contributed by atoms with Crippen molar-refractivity contribution in [3.8, 4) is 0 Å². The highest BCUT2D eigenvalue weighted by atomic mass is 16.6. The third-order valence-corrected chi connectivity index (χ3v) is 1.83. The van der Waals surface area contributed by atoms with Gasteiger partial charge in [0.15, 0.2) is 5.96 Å². The Labute approximate surface area is 107 Å². The fraction of sp³-hybridized carbons (Fsp3) is 0.727. The Morgan fingerprint density at radius 2 is 2.06 bits per heavy atom. The van der Waals surface area contributed by atoms with Gasteiger partial charge in [0, 0.05) is 6.54 Å². The summed E-state index contributed by atoms with van der Waals surface area (Å²) in [5.41, 5.74) is 9.73. The molecule has 0 spiro atoms. The summed E-state index contributed by atoms with van der Waals surface area (Å²) in [4.78, 5) is 26.0. The summed E-state index contributed by atoms with van der Waals surface area (Å²) in [7, 11) is 0.